The molecule has 0 amide bonds. The van der Waals surface area contributed by atoms with E-state index in [4.69, 9.17) is 18.9 Å². The van der Waals surface area contributed by atoms with Crippen LogP contribution in [0, 0.1) is 0 Å². The molecule has 0 aromatic heterocycles. The molecule has 9 rings (SSSR count). The van der Waals surface area contributed by atoms with E-state index in [2.05, 4.69) is 190 Å². The lowest BCUT2D eigenvalue weighted by atomic mass is 9.68. The molecular formula is C54H52O4. The van der Waals surface area contributed by atoms with Gasteiger partial charge >= 0.3 is 0 Å². The van der Waals surface area contributed by atoms with E-state index in [1.165, 1.54) is 50.1 Å². The van der Waals surface area contributed by atoms with Gasteiger partial charge in [0.05, 0.1) is 28.4 Å². The molecule has 0 saturated carbocycles. The van der Waals surface area contributed by atoms with Crippen molar-refractivity contribution in [3.63, 3.8) is 0 Å². The van der Waals surface area contributed by atoms with Crippen molar-refractivity contribution < 1.29 is 18.9 Å². The maximum atomic E-state index is 5.44. The molecule has 2 aliphatic rings. The van der Waals surface area contributed by atoms with E-state index in [1.54, 1.807) is 28.4 Å². The van der Waals surface area contributed by atoms with Crippen LogP contribution in [-0.4, -0.2) is 28.4 Å². The summed E-state index contributed by atoms with van der Waals surface area (Å²) in [4.78, 5) is 0. The normalized spacial score (nSPS) is 16.6. The Bertz CT molecular complexity index is 2350. The van der Waals surface area contributed by atoms with Crippen molar-refractivity contribution in [3.05, 3.63) is 226 Å². The molecule has 7 aromatic rings. The molecule has 7 aromatic carbocycles. The standard InChI is InChI=1S/C29H26O2.C25H26O2/c1-30-24-16-12-22(13-17-24)29(23-14-18-25(31-2)19-15-23)20-27(21-8-4-3-5-9-21)26-10-6-7-11-28(26)29;1-24(2)17-25(23-8-6-5-7-22(23)24,18-9-13-20(26-3)14-10-18)19-11-15-21(27-4)16-12-19/h3-19,27H,20H2,1-2H3;5-16H,17H2,1-4H3. The van der Waals surface area contributed by atoms with E-state index in [1.807, 2.05) is 0 Å². The summed E-state index contributed by atoms with van der Waals surface area (Å²) in [6, 6.07) is 62.9. The number of benzene rings is 7. The number of methoxy groups -OCH3 is 4. The van der Waals surface area contributed by atoms with Crippen LogP contribution in [0.2, 0.25) is 0 Å². The molecule has 0 radical (unpaired) electrons. The van der Waals surface area contributed by atoms with Crippen LogP contribution in [0.25, 0.3) is 0 Å². The quantitative estimate of drug-likeness (QED) is 0.147. The largest absolute Gasteiger partial charge is 0.497 e. The first-order valence-electron chi connectivity index (χ1n) is 20.1. The van der Waals surface area contributed by atoms with Crippen molar-refractivity contribution in [1.82, 2.24) is 0 Å². The molecule has 4 heteroatoms. The van der Waals surface area contributed by atoms with Gasteiger partial charge < -0.3 is 18.9 Å². The molecular weight excluding hydrogens is 713 g/mol. The minimum absolute atomic E-state index is 0.0937. The SMILES string of the molecule is COc1ccc(C2(c3ccc(OC)cc3)CC(C)(C)c3ccccc32)cc1.COc1ccc(C2(c3ccc(OC)cc3)CC(c3ccccc3)c3ccccc32)cc1. The van der Waals surface area contributed by atoms with Crippen LogP contribution in [0.4, 0.5) is 0 Å². The van der Waals surface area contributed by atoms with Gasteiger partial charge in [-0.2, -0.15) is 0 Å². The summed E-state index contributed by atoms with van der Waals surface area (Å²) in [5, 5.41) is 0. The Labute approximate surface area is 344 Å². The molecule has 2 aliphatic carbocycles. The molecule has 0 aliphatic heterocycles. The highest BCUT2D eigenvalue weighted by molar-refractivity contribution is 5.62. The van der Waals surface area contributed by atoms with Gasteiger partial charge in [0.2, 0.25) is 0 Å². The molecule has 1 atom stereocenters. The molecule has 0 fully saturated rings. The highest BCUT2D eigenvalue weighted by atomic mass is 16.5. The van der Waals surface area contributed by atoms with Crippen molar-refractivity contribution in [2.45, 2.75) is 48.9 Å². The lowest BCUT2D eigenvalue weighted by Crippen LogP contribution is -2.28. The summed E-state index contributed by atoms with van der Waals surface area (Å²) >= 11 is 0. The third-order valence-corrected chi connectivity index (χ3v) is 12.7. The van der Waals surface area contributed by atoms with E-state index in [9.17, 15) is 0 Å². The molecule has 292 valence electrons. The van der Waals surface area contributed by atoms with Crippen molar-refractivity contribution >= 4 is 0 Å². The van der Waals surface area contributed by atoms with Crippen LogP contribution in [-0.2, 0) is 16.2 Å². The summed E-state index contributed by atoms with van der Waals surface area (Å²) in [7, 11) is 6.85. The van der Waals surface area contributed by atoms with Crippen molar-refractivity contribution in [2.75, 3.05) is 28.4 Å². The second-order valence-electron chi connectivity index (χ2n) is 16.1. The number of hydrogen-bond acceptors (Lipinski definition) is 4. The van der Waals surface area contributed by atoms with Crippen LogP contribution < -0.4 is 18.9 Å². The van der Waals surface area contributed by atoms with Gasteiger partial charge in [-0.3, -0.25) is 0 Å². The highest BCUT2D eigenvalue weighted by Crippen LogP contribution is 2.57. The minimum atomic E-state index is -0.240. The Balaban J connectivity index is 0.000000164. The average molecular weight is 765 g/mol. The lowest BCUT2D eigenvalue weighted by molar-refractivity contribution is 0.412. The van der Waals surface area contributed by atoms with Gasteiger partial charge in [0.1, 0.15) is 23.0 Å². The number of rotatable bonds is 9. The zero-order valence-corrected chi connectivity index (χ0v) is 34.4. The maximum absolute atomic E-state index is 5.44. The van der Waals surface area contributed by atoms with Crippen LogP contribution in [0.3, 0.4) is 0 Å². The molecule has 1 unspecified atom stereocenters. The third-order valence-electron chi connectivity index (χ3n) is 12.7. The van der Waals surface area contributed by atoms with Crippen LogP contribution in [0.5, 0.6) is 23.0 Å². The summed E-state index contributed by atoms with van der Waals surface area (Å²) in [6.45, 7) is 4.70. The van der Waals surface area contributed by atoms with Crippen LogP contribution in [0.1, 0.15) is 82.7 Å². The van der Waals surface area contributed by atoms with E-state index in [-0.39, 0.29) is 16.2 Å². The Morgan fingerprint density at radius 1 is 0.379 bits per heavy atom. The maximum Gasteiger partial charge on any atom is 0.118 e. The van der Waals surface area contributed by atoms with Gasteiger partial charge in [-0.05, 0) is 117 Å². The minimum Gasteiger partial charge on any atom is -0.497 e. The van der Waals surface area contributed by atoms with Gasteiger partial charge in [-0.25, -0.2) is 0 Å². The molecule has 0 bridgehead atoms. The summed E-state index contributed by atoms with van der Waals surface area (Å²) < 4.78 is 21.7. The van der Waals surface area contributed by atoms with Gasteiger partial charge in [0.15, 0.2) is 0 Å². The fourth-order valence-corrected chi connectivity index (χ4v) is 9.89. The van der Waals surface area contributed by atoms with Crippen LogP contribution >= 0.6 is 0 Å². The predicted octanol–water partition coefficient (Wildman–Crippen LogP) is 12.3. The van der Waals surface area contributed by atoms with Gasteiger partial charge in [-0.1, -0.05) is 141 Å². The monoisotopic (exact) mass is 764 g/mol. The number of hydrogen-bond donors (Lipinski definition) is 0. The van der Waals surface area contributed by atoms with E-state index in [0.717, 1.165) is 35.8 Å². The Kier molecular flexibility index (Phi) is 10.6. The molecule has 4 nitrogen and oxygen atoms in total. The van der Waals surface area contributed by atoms with Crippen molar-refractivity contribution in [1.29, 1.82) is 0 Å². The Hall–Kier alpha value is -6.26. The molecule has 0 heterocycles. The molecule has 0 spiro atoms. The summed E-state index contributed by atoms with van der Waals surface area (Å²) in [5.74, 6) is 3.85. The van der Waals surface area contributed by atoms with Gasteiger partial charge in [0, 0.05) is 16.7 Å². The first-order valence-corrected chi connectivity index (χ1v) is 20.1. The predicted molar refractivity (Wildman–Crippen MR) is 235 cm³/mol. The first-order chi connectivity index (χ1) is 28.3. The first kappa shape index (κ1) is 38.6. The summed E-state index contributed by atoms with van der Waals surface area (Å²) in [6.07, 6.45) is 2.01. The number of fused-ring (bicyclic) bond motifs is 2. The lowest BCUT2D eigenvalue weighted by Gasteiger charge is -2.34. The topological polar surface area (TPSA) is 36.9 Å². The fourth-order valence-electron chi connectivity index (χ4n) is 9.89. The molecule has 58 heavy (non-hydrogen) atoms. The number of ether oxygens (including phenoxy) is 4. The van der Waals surface area contributed by atoms with Crippen LogP contribution in [0.15, 0.2) is 176 Å². The zero-order valence-electron chi connectivity index (χ0n) is 34.4. The second-order valence-corrected chi connectivity index (χ2v) is 16.1. The summed E-state index contributed by atoms with van der Waals surface area (Å²) in [5.41, 5.74) is 11.8. The van der Waals surface area contributed by atoms with Crippen molar-refractivity contribution in [3.8, 4) is 23.0 Å². The van der Waals surface area contributed by atoms with E-state index in [0.29, 0.717) is 5.92 Å². The highest BCUT2D eigenvalue weighted by Gasteiger charge is 2.50. The van der Waals surface area contributed by atoms with Gasteiger partial charge in [0.25, 0.3) is 0 Å². The van der Waals surface area contributed by atoms with E-state index < -0.39 is 0 Å². The smallest absolute Gasteiger partial charge is 0.118 e. The Morgan fingerprint density at radius 3 is 1.17 bits per heavy atom. The third kappa shape index (κ3) is 6.71. The zero-order chi connectivity index (χ0) is 40.3. The van der Waals surface area contributed by atoms with Crippen molar-refractivity contribution in [2.24, 2.45) is 0 Å². The Morgan fingerprint density at radius 2 is 0.741 bits per heavy atom. The molecule has 0 N–H and O–H groups in total. The molecule has 0 saturated heterocycles. The average Bonchev–Trinajstić information content (AvgIpc) is 3.77. The second kappa shape index (κ2) is 15.9. The van der Waals surface area contributed by atoms with E-state index >= 15 is 0 Å². The fraction of sp³-hybridized carbons (Fsp3) is 0.222. The van der Waals surface area contributed by atoms with Gasteiger partial charge in [-0.15, -0.1) is 0 Å².